The van der Waals surface area contributed by atoms with E-state index in [9.17, 15) is 9.18 Å². The Morgan fingerprint density at radius 1 is 1.13 bits per heavy atom. The minimum Gasteiger partial charge on any atom is -0.342 e. The van der Waals surface area contributed by atoms with Gasteiger partial charge in [0, 0.05) is 25.5 Å². The van der Waals surface area contributed by atoms with Crippen LogP contribution < -0.4 is 0 Å². The van der Waals surface area contributed by atoms with Crippen LogP contribution in [0.5, 0.6) is 0 Å². The van der Waals surface area contributed by atoms with E-state index in [1.165, 1.54) is 11.6 Å². The van der Waals surface area contributed by atoms with Crippen LogP contribution in [0.1, 0.15) is 24.0 Å². The van der Waals surface area contributed by atoms with Gasteiger partial charge >= 0.3 is 0 Å². The summed E-state index contributed by atoms with van der Waals surface area (Å²) in [6.45, 7) is 1.53. The second-order valence-corrected chi connectivity index (χ2v) is 6.15. The van der Waals surface area contributed by atoms with E-state index >= 15 is 0 Å². The summed E-state index contributed by atoms with van der Waals surface area (Å²) in [6, 6.07) is 10.6. The van der Waals surface area contributed by atoms with Crippen molar-refractivity contribution in [1.29, 1.82) is 0 Å². The van der Waals surface area contributed by atoms with Crippen LogP contribution >= 0.6 is 0 Å². The molecule has 2 heterocycles. The van der Waals surface area contributed by atoms with Crippen molar-refractivity contribution < 1.29 is 9.18 Å². The predicted octanol–water partition coefficient (Wildman–Crippen LogP) is 3.24. The Kier molecular flexibility index (Phi) is 5.01. The van der Waals surface area contributed by atoms with Gasteiger partial charge in [0.05, 0.1) is 6.42 Å². The summed E-state index contributed by atoms with van der Waals surface area (Å²) in [7, 11) is 0. The van der Waals surface area contributed by atoms with Crippen LogP contribution in [0.3, 0.4) is 0 Å². The zero-order chi connectivity index (χ0) is 16.1. The zero-order valence-electron chi connectivity index (χ0n) is 13.1. The number of halogens is 1. The third-order valence-electron chi connectivity index (χ3n) is 4.54. The van der Waals surface area contributed by atoms with E-state index in [0.29, 0.717) is 11.5 Å². The summed E-state index contributed by atoms with van der Waals surface area (Å²) in [5.41, 5.74) is 1.78. The van der Waals surface area contributed by atoms with Gasteiger partial charge in [-0.1, -0.05) is 18.2 Å². The molecule has 0 saturated carbocycles. The molecule has 1 saturated heterocycles. The molecule has 3 rings (SSSR count). The molecule has 0 radical (unpaired) electrons. The van der Waals surface area contributed by atoms with E-state index in [1.807, 2.05) is 17.3 Å². The number of carbonyl (C=O) groups excluding carboxylic acids is 1. The number of rotatable bonds is 4. The van der Waals surface area contributed by atoms with Crippen LogP contribution in [0, 0.1) is 11.7 Å². The number of likely N-dealkylation sites (tertiary alicyclic amines) is 1. The van der Waals surface area contributed by atoms with Crippen LogP contribution in [0.4, 0.5) is 4.39 Å². The first kappa shape index (κ1) is 15.7. The van der Waals surface area contributed by atoms with Crippen molar-refractivity contribution in [2.75, 3.05) is 13.1 Å². The number of hydrogen-bond acceptors (Lipinski definition) is 2. The summed E-state index contributed by atoms with van der Waals surface area (Å²) >= 11 is 0. The first-order valence-corrected chi connectivity index (χ1v) is 8.12. The fourth-order valence-electron chi connectivity index (χ4n) is 3.16. The number of piperidine rings is 1. The van der Waals surface area contributed by atoms with E-state index < -0.39 is 0 Å². The van der Waals surface area contributed by atoms with Gasteiger partial charge in [0.1, 0.15) is 5.82 Å². The highest BCUT2D eigenvalue weighted by Gasteiger charge is 2.23. The van der Waals surface area contributed by atoms with E-state index in [4.69, 9.17) is 0 Å². The minimum atomic E-state index is -0.298. The van der Waals surface area contributed by atoms with Gasteiger partial charge < -0.3 is 4.90 Å². The Balaban J connectivity index is 1.50. The molecule has 0 atom stereocenters. The topological polar surface area (TPSA) is 33.2 Å². The lowest BCUT2D eigenvalue weighted by Crippen LogP contribution is -2.39. The minimum absolute atomic E-state index is 0.0254. The standard InChI is InChI=1S/C19H21FN2O/c20-18-4-2-1-3-17(18)14-19(23)22-11-7-16(8-12-22)13-15-5-9-21-10-6-15/h1-6,9-10,16H,7-8,11-14H2. The predicted molar refractivity (Wildman–Crippen MR) is 87.3 cm³/mol. The van der Waals surface area contributed by atoms with Gasteiger partial charge in [-0.2, -0.15) is 0 Å². The van der Waals surface area contributed by atoms with Crippen molar-refractivity contribution >= 4 is 5.91 Å². The lowest BCUT2D eigenvalue weighted by molar-refractivity contribution is -0.131. The van der Waals surface area contributed by atoms with Crippen molar-refractivity contribution in [3.05, 3.63) is 65.7 Å². The van der Waals surface area contributed by atoms with Crippen LogP contribution in [0.15, 0.2) is 48.8 Å². The van der Waals surface area contributed by atoms with Crippen molar-refractivity contribution in [3.8, 4) is 0 Å². The quantitative estimate of drug-likeness (QED) is 0.868. The van der Waals surface area contributed by atoms with Crippen molar-refractivity contribution in [2.24, 2.45) is 5.92 Å². The first-order chi connectivity index (χ1) is 11.2. The maximum absolute atomic E-state index is 13.6. The molecule has 1 aromatic carbocycles. The summed E-state index contributed by atoms with van der Waals surface area (Å²) in [5.74, 6) is 0.334. The highest BCUT2D eigenvalue weighted by molar-refractivity contribution is 5.78. The molecule has 4 heteroatoms. The number of amides is 1. The molecule has 120 valence electrons. The Morgan fingerprint density at radius 3 is 2.52 bits per heavy atom. The van der Waals surface area contributed by atoms with E-state index in [0.717, 1.165) is 32.4 Å². The molecule has 1 amide bonds. The maximum atomic E-state index is 13.6. The van der Waals surface area contributed by atoms with Gasteiger partial charge in [-0.05, 0) is 54.5 Å². The first-order valence-electron chi connectivity index (χ1n) is 8.12. The lowest BCUT2D eigenvalue weighted by atomic mass is 9.90. The second-order valence-electron chi connectivity index (χ2n) is 6.15. The fourth-order valence-corrected chi connectivity index (χ4v) is 3.16. The molecule has 2 aromatic rings. The van der Waals surface area contributed by atoms with Crippen LogP contribution in [0.2, 0.25) is 0 Å². The molecule has 0 aliphatic carbocycles. The Hall–Kier alpha value is -2.23. The van der Waals surface area contributed by atoms with Gasteiger partial charge in [-0.15, -0.1) is 0 Å². The number of carbonyl (C=O) groups is 1. The Labute approximate surface area is 136 Å². The van der Waals surface area contributed by atoms with Gasteiger partial charge in [-0.25, -0.2) is 4.39 Å². The molecule has 1 aromatic heterocycles. The number of hydrogen-bond donors (Lipinski definition) is 0. The molecule has 0 unspecified atom stereocenters. The highest BCUT2D eigenvalue weighted by atomic mass is 19.1. The summed E-state index contributed by atoms with van der Waals surface area (Å²) in [4.78, 5) is 18.2. The fraction of sp³-hybridized carbons (Fsp3) is 0.368. The lowest BCUT2D eigenvalue weighted by Gasteiger charge is -2.32. The van der Waals surface area contributed by atoms with Gasteiger partial charge in [0.15, 0.2) is 0 Å². The van der Waals surface area contributed by atoms with Gasteiger partial charge in [-0.3, -0.25) is 9.78 Å². The maximum Gasteiger partial charge on any atom is 0.227 e. The molecule has 23 heavy (non-hydrogen) atoms. The average molecular weight is 312 g/mol. The molecule has 3 nitrogen and oxygen atoms in total. The third kappa shape index (κ3) is 4.15. The van der Waals surface area contributed by atoms with Gasteiger partial charge in [0.25, 0.3) is 0 Å². The highest BCUT2D eigenvalue weighted by Crippen LogP contribution is 2.22. The van der Waals surface area contributed by atoms with Gasteiger partial charge in [0.2, 0.25) is 5.91 Å². The summed E-state index contributed by atoms with van der Waals surface area (Å²) < 4.78 is 13.6. The molecule has 0 N–H and O–H groups in total. The Bertz CT molecular complexity index is 651. The second kappa shape index (κ2) is 7.36. The van der Waals surface area contributed by atoms with Crippen molar-refractivity contribution in [1.82, 2.24) is 9.88 Å². The van der Waals surface area contributed by atoms with Crippen LogP contribution in [-0.4, -0.2) is 28.9 Å². The van der Waals surface area contributed by atoms with Crippen molar-refractivity contribution in [3.63, 3.8) is 0 Å². The number of pyridine rings is 1. The molecular weight excluding hydrogens is 291 g/mol. The van der Waals surface area contributed by atoms with Crippen LogP contribution in [0.25, 0.3) is 0 Å². The third-order valence-corrected chi connectivity index (χ3v) is 4.54. The number of benzene rings is 1. The summed E-state index contributed by atoms with van der Waals surface area (Å²) in [5, 5.41) is 0. The van der Waals surface area contributed by atoms with E-state index in [2.05, 4.69) is 17.1 Å². The molecule has 0 spiro atoms. The molecular formula is C19H21FN2O. The SMILES string of the molecule is O=C(Cc1ccccc1F)N1CCC(Cc2ccncc2)CC1. The molecule has 1 fully saturated rings. The van der Waals surface area contributed by atoms with E-state index in [1.54, 1.807) is 18.2 Å². The molecule has 0 bridgehead atoms. The Morgan fingerprint density at radius 2 is 1.83 bits per heavy atom. The van der Waals surface area contributed by atoms with Crippen molar-refractivity contribution in [2.45, 2.75) is 25.7 Å². The van der Waals surface area contributed by atoms with Crippen LogP contribution in [-0.2, 0) is 17.6 Å². The van der Waals surface area contributed by atoms with E-state index in [-0.39, 0.29) is 18.1 Å². The zero-order valence-corrected chi connectivity index (χ0v) is 13.1. The molecule has 1 aliphatic heterocycles. The largest absolute Gasteiger partial charge is 0.342 e. The number of nitrogens with zero attached hydrogens (tertiary/aromatic N) is 2. The summed E-state index contributed by atoms with van der Waals surface area (Å²) in [6.07, 6.45) is 6.85. The molecule has 1 aliphatic rings. The number of aromatic nitrogens is 1. The normalized spacial score (nSPS) is 15.6. The monoisotopic (exact) mass is 312 g/mol. The average Bonchev–Trinajstić information content (AvgIpc) is 2.58. The smallest absolute Gasteiger partial charge is 0.227 e.